The van der Waals surface area contributed by atoms with Gasteiger partial charge in [0.25, 0.3) is 0 Å². The normalized spacial score (nSPS) is 13.1. The van der Waals surface area contributed by atoms with E-state index in [0.717, 1.165) is 29.9 Å². The minimum Gasteiger partial charge on any atom is -0.469 e. The molecule has 0 aliphatic carbocycles. The van der Waals surface area contributed by atoms with Crippen LogP contribution in [0.3, 0.4) is 0 Å². The molecule has 2 heterocycles. The largest absolute Gasteiger partial charge is 0.469 e. The fraction of sp³-hybridized carbons (Fsp3) is 0.429. The second-order valence-electron chi connectivity index (χ2n) is 7.61. The van der Waals surface area contributed by atoms with E-state index < -0.39 is 10.0 Å². The molecule has 1 N–H and O–H groups in total. The molecule has 1 atom stereocenters. The highest BCUT2D eigenvalue weighted by Gasteiger charge is 2.19. The highest BCUT2D eigenvalue weighted by Crippen LogP contribution is 2.22. The number of aromatic nitrogens is 2. The van der Waals surface area contributed by atoms with E-state index in [-0.39, 0.29) is 16.8 Å². The minimum atomic E-state index is -3.52. The lowest BCUT2D eigenvalue weighted by Crippen LogP contribution is -2.33. The van der Waals surface area contributed by atoms with Crippen molar-refractivity contribution in [2.45, 2.75) is 43.5 Å². The van der Waals surface area contributed by atoms with Gasteiger partial charge in [0.1, 0.15) is 11.6 Å². The zero-order valence-corrected chi connectivity index (χ0v) is 18.6. The van der Waals surface area contributed by atoms with Crippen LogP contribution in [0, 0.1) is 0 Å². The average molecular weight is 433 g/mol. The summed E-state index contributed by atoms with van der Waals surface area (Å²) in [5, 5.41) is 3.00. The van der Waals surface area contributed by atoms with Crippen LogP contribution in [0.5, 0.6) is 0 Å². The number of furan rings is 1. The smallest absolute Gasteiger partial charge is 0.242 e. The number of carbonyl (C=O) groups is 1. The van der Waals surface area contributed by atoms with Crippen molar-refractivity contribution in [2.75, 3.05) is 14.1 Å². The van der Waals surface area contributed by atoms with Crippen molar-refractivity contribution in [1.82, 2.24) is 19.2 Å². The molecule has 0 saturated carbocycles. The summed E-state index contributed by atoms with van der Waals surface area (Å²) in [6, 6.07) is 8.73. The third kappa shape index (κ3) is 4.91. The van der Waals surface area contributed by atoms with Crippen LogP contribution in [0.1, 0.15) is 31.4 Å². The molecule has 0 radical (unpaired) electrons. The molecule has 9 heteroatoms. The number of fused-ring (bicyclic) bond motifs is 1. The summed E-state index contributed by atoms with van der Waals surface area (Å²) in [5.74, 6) is 1.61. The Morgan fingerprint density at radius 3 is 2.70 bits per heavy atom. The molecule has 1 amide bonds. The van der Waals surface area contributed by atoms with E-state index in [9.17, 15) is 13.2 Å². The van der Waals surface area contributed by atoms with Crippen LogP contribution in [0.25, 0.3) is 11.0 Å². The Bertz CT molecular complexity index is 1120. The molecule has 0 aliphatic rings. The molecule has 0 fully saturated rings. The van der Waals surface area contributed by atoms with Crippen molar-refractivity contribution in [3.63, 3.8) is 0 Å². The van der Waals surface area contributed by atoms with Gasteiger partial charge in [-0.2, -0.15) is 0 Å². The SMILES string of the molecule is CC(CCc1ccco1)NC(=O)CCc1nc2cc(S(=O)(=O)N(C)C)ccc2n1C. The van der Waals surface area contributed by atoms with Gasteiger partial charge < -0.3 is 14.3 Å². The molecule has 0 aliphatic heterocycles. The highest BCUT2D eigenvalue weighted by atomic mass is 32.2. The molecule has 0 spiro atoms. The van der Waals surface area contributed by atoms with Gasteiger partial charge in [-0.05, 0) is 43.7 Å². The van der Waals surface area contributed by atoms with E-state index >= 15 is 0 Å². The Balaban J connectivity index is 1.61. The predicted molar refractivity (Wildman–Crippen MR) is 115 cm³/mol. The van der Waals surface area contributed by atoms with Crippen molar-refractivity contribution in [2.24, 2.45) is 7.05 Å². The maximum absolute atomic E-state index is 12.3. The average Bonchev–Trinajstić information content (AvgIpc) is 3.32. The summed E-state index contributed by atoms with van der Waals surface area (Å²) in [6.07, 6.45) is 4.00. The standard InChI is InChI=1S/C21H28N4O4S/c1-15(7-8-16-6-5-13-29-16)22-21(26)12-11-20-23-18-14-17(30(27,28)24(2)3)9-10-19(18)25(20)4/h5-6,9-10,13-15H,7-8,11-12H2,1-4H3,(H,22,26). The third-order valence-electron chi connectivity index (χ3n) is 5.11. The van der Waals surface area contributed by atoms with Crippen LogP contribution < -0.4 is 5.32 Å². The van der Waals surface area contributed by atoms with Crippen LogP contribution in [0.15, 0.2) is 45.9 Å². The summed E-state index contributed by atoms with van der Waals surface area (Å²) in [5.41, 5.74) is 1.43. The predicted octanol–water partition coefficient (Wildman–Crippen LogP) is 2.49. The summed E-state index contributed by atoms with van der Waals surface area (Å²) in [7, 11) is 1.35. The minimum absolute atomic E-state index is 0.0372. The van der Waals surface area contributed by atoms with Gasteiger partial charge in [0.15, 0.2) is 0 Å². The van der Waals surface area contributed by atoms with Crippen molar-refractivity contribution >= 4 is 27.0 Å². The maximum atomic E-state index is 12.3. The Morgan fingerprint density at radius 2 is 2.03 bits per heavy atom. The van der Waals surface area contributed by atoms with E-state index in [1.807, 2.05) is 30.7 Å². The molecule has 0 bridgehead atoms. The first-order valence-electron chi connectivity index (χ1n) is 9.88. The van der Waals surface area contributed by atoms with E-state index in [4.69, 9.17) is 4.42 Å². The number of sulfonamides is 1. The maximum Gasteiger partial charge on any atom is 0.242 e. The molecule has 30 heavy (non-hydrogen) atoms. The van der Waals surface area contributed by atoms with Crippen molar-refractivity contribution in [3.05, 3.63) is 48.2 Å². The highest BCUT2D eigenvalue weighted by molar-refractivity contribution is 7.89. The van der Waals surface area contributed by atoms with E-state index in [1.165, 1.54) is 18.4 Å². The number of nitrogens with one attached hydrogen (secondary N) is 1. The summed E-state index contributed by atoms with van der Waals surface area (Å²) >= 11 is 0. The van der Waals surface area contributed by atoms with Gasteiger partial charge in [-0.3, -0.25) is 4.79 Å². The van der Waals surface area contributed by atoms with Gasteiger partial charge in [0.05, 0.1) is 22.2 Å². The first-order chi connectivity index (χ1) is 14.2. The number of rotatable bonds is 9. The molecule has 0 saturated heterocycles. The van der Waals surface area contributed by atoms with Gasteiger partial charge in [0.2, 0.25) is 15.9 Å². The lowest BCUT2D eigenvalue weighted by atomic mass is 10.1. The van der Waals surface area contributed by atoms with E-state index in [0.29, 0.717) is 18.4 Å². The van der Waals surface area contributed by atoms with Gasteiger partial charge in [0, 0.05) is 46.4 Å². The van der Waals surface area contributed by atoms with Crippen LogP contribution in [0.2, 0.25) is 0 Å². The van der Waals surface area contributed by atoms with Crippen molar-refractivity contribution in [1.29, 1.82) is 0 Å². The molecule has 1 aromatic carbocycles. The molecular formula is C21H28N4O4S. The molecule has 3 rings (SSSR count). The monoisotopic (exact) mass is 432 g/mol. The van der Waals surface area contributed by atoms with Gasteiger partial charge >= 0.3 is 0 Å². The topological polar surface area (TPSA) is 97.4 Å². The lowest BCUT2D eigenvalue weighted by Gasteiger charge is -2.13. The van der Waals surface area contributed by atoms with E-state index in [1.54, 1.807) is 24.5 Å². The lowest BCUT2D eigenvalue weighted by molar-refractivity contribution is -0.121. The number of hydrogen-bond acceptors (Lipinski definition) is 5. The molecule has 162 valence electrons. The summed E-state index contributed by atoms with van der Waals surface area (Å²) in [4.78, 5) is 17.1. The first kappa shape index (κ1) is 22.0. The van der Waals surface area contributed by atoms with Crippen molar-refractivity contribution in [3.8, 4) is 0 Å². The number of hydrogen-bond donors (Lipinski definition) is 1. The second-order valence-corrected chi connectivity index (χ2v) is 9.76. The number of benzene rings is 1. The summed E-state index contributed by atoms with van der Waals surface area (Å²) in [6.45, 7) is 1.97. The number of amides is 1. The van der Waals surface area contributed by atoms with Crippen LogP contribution in [0.4, 0.5) is 0 Å². The number of imidazole rings is 1. The molecule has 8 nitrogen and oxygen atoms in total. The second kappa shape index (κ2) is 9.01. The zero-order valence-electron chi connectivity index (χ0n) is 17.8. The molecule has 1 unspecified atom stereocenters. The fourth-order valence-corrected chi connectivity index (χ4v) is 4.20. The van der Waals surface area contributed by atoms with Gasteiger partial charge in [-0.25, -0.2) is 17.7 Å². The summed E-state index contributed by atoms with van der Waals surface area (Å²) < 4.78 is 33.1. The number of nitrogens with zero attached hydrogens (tertiary/aromatic N) is 3. The number of carbonyl (C=O) groups excluding carboxylic acids is 1. The molecule has 2 aromatic heterocycles. The molecule has 3 aromatic rings. The van der Waals surface area contributed by atoms with Gasteiger partial charge in [-0.1, -0.05) is 0 Å². The Morgan fingerprint density at radius 1 is 1.27 bits per heavy atom. The van der Waals surface area contributed by atoms with Crippen molar-refractivity contribution < 1.29 is 17.6 Å². The van der Waals surface area contributed by atoms with Gasteiger partial charge in [-0.15, -0.1) is 0 Å². The quantitative estimate of drug-likeness (QED) is 0.560. The Hall–Kier alpha value is -2.65. The van der Waals surface area contributed by atoms with Crippen LogP contribution in [-0.2, 0) is 34.7 Å². The zero-order chi connectivity index (χ0) is 21.9. The van der Waals surface area contributed by atoms with Crippen LogP contribution >= 0.6 is 0 Å². The van der Waals surface area contributed by atoms with Crippen LogP contribution in [-0.4, -0.2) is 48.3 Å². The third-order valence-corrected chi connectivity index (χ3v) is 6.92. The Kier molecular flexibility index (Phi) is 6.62. The first-order valence-corrected chi connectivity index (χ1v) is 11.3. The van der Waals surface area contributed by atoms with E-state index in [2.05, 4.69) is 10.3 Å². The fourth-order valence-electron chi connectivity index (χ4n) is 3.28. The number of aryl methyl sites for hydroxylation is 3. The Labute approximate surface area is 176 Å². The molecular weight excluding hydrogens is 404 g/mol.